The lowest BCUT2D eigenvalue weighted by Crippen LogP contribution is -2.46. The zero-order valence-corrected chi connectivity index (χ0v) is 13.8. The summed E-state index contributed by atoms with van der Waals surface area (Å²) in [6, 6.07) is 0.654. The molecule has 0 bridgehead atoms. The van der Waals surface area contributed by atoms with E-state index in [4.69, 9.17) is 13.3 Å². The van der Waals surface area contributed by atoms with E-state index in [1.165, 1.54) is 0 Å². The zero-order chi connectivity index (χ0) is 15.4. The molecule has 0 aliphatic rings. The van der Waals surface area contributed by atoms with Crippen LogP contribution in [0.3, 0.4) is 0 Å². The van der Waals surface area contributed by atoms with Crippen LogP contribution in [0, 0.1) is 5.92 Å². The Balaban J connectivity index is 4.37. The molecule has 0 radical (unpaired) electrons. The van der Waals surface area contributed by atoms with Crippen molar-refractivity contribution in [1.29, 1.82) is 0 Å². The van der Waals surface area contributed by atoms with Crippen LogP contribution in [0.4, 0.5) is 0 Å². The Morgan fingerprint density at radius 2 is 1.60 bits per heavy atom. The van der Waals surface area contributed by atoms with Crippen LogP contribution in [0.5, 0.6) is 0 Å². The SMILES string of the molecule is CCO[Si](CCCC(C)C(=O)OC=O)(OCC)OCC. The highest BCUT2D eigenvalue weighted by molar-refractivity contribution is 6.60. The minimum atomic E-state index is -2.64. The first-order valence-corrected chi connectivity index (χ1v) is 9.04. The lowest BCUT2D eigenvalue weighted by molar-refractivity contribution is -0.154. The van der Waals surface area contributed by atoms with Crippen molar-refractivity contribution in [2.24, 2.45) is 5.92 Å². The molecule has 0 aliphatic heterocycles. The molecule has 0 aromatic rings. The molecule has 0 saturated carbocycles. The van der Waals surface area contributed by atoms with E-state index >= 15 is 0 Å². The highest BCUT2D eigenvalue weighted by Gasteiger charge is 2.39. The van der Waals surface area contributed by atoms with E-state index in [1.807, 2.05) is 20.8 Å². The molecule has 0 saturated heterocycles. The molecule has 0 aliphatic carbocycles. The third kappa shape index (κ3) is 7.13. The fraction of sp³-hybridized carbons (Fsp3) is 0.846. The molecule has 0 N–H and O–H groups in total. The van der Waals surface area contributed by atoms with Crippen molar-refractivity contribution in [2.75, 3.05) is 19.8 Å². The van der Waals surface area contributed by atoms with Gasteiger partial charge in [0.15, 0.2) is 0 Å². The van der Waals surface area contributed by atoms with Crippen LogP contribution in [-0.2, 0) is 27.6 Å². The molecule has 0 aromatic heterocycles. The summed E-state index contributed by atoms with van der Waals surface area (Å²) in [5.74, 6) is -0.826. The number of carbonyl (C=O) groups is 2. The minimum absolute atomic E-state index is 0.165. The van der Waals surface area contributed by atoms with Gasteiger partial charge in [0.2, 0.25) is 0 Å². The first-order chi connectivity index (χ1) is 9.55. The van der Waals surface area contributed by atoms with Crippen LogP contribution in [0.25, 0.3) is 0 Å². The summed E-state index contributed by atoms with van der Waals surface area (Å²) in [7, 11) is -2.64. The van der Waals surface area contributed by atoms with Gasteiger partial charge in [-0.3, -0.25) is 9.59 Å². The summed E-state index contributed by atoms with van der Waals surface area (Å²) in [5, 5.41) is 0. The molecule has 0 spiro atoms. The quantitative estimate of drug-likeness (QED) is 0.238. The number of esters is 1. The van der Waals surface area contributed by atoms with Gasteiger partial charge in [-0.25, -0.2) is 0 Å². The fourth-order valence-electron chi connectivity index (χ4n) is 1.91. The highest BCUT2D eigenvalue weighted by Crippen LogP contribution is 2.21. The van der Waals surface area contributed by atoms with Crippen molar-refractivity contribution in [3.63, 3.8) is 0 Å². The smallest absolute Gasteiger partial charge is 0.395 e. The maximum absolute atomic E-state index is 11.3. The van der Waals surface area contributed by atoms with E-state index in [-0.39, 0.29) is 12.4 Å². The highest BCUT2D eigenvalue weighted by atomic mass is 28.4. The normalized spacial score (nSPS) is 13.0. The lowest BCUT2D eigenvalue weighted by Gasteiger charge is -2.28. The van der Waals surface area contributed by atoms with Crippen LogP contribution >= 0.6 is 0 Å². The van der Waals surface area contributed by atoms with Gasteiger partial charge in [-0.1, -0.05) is 6.92 Å². The largest absolute Gasteiger partial charge is 0.500 e. The number of ether oxygens (including phenoxy) is 1. The molecule has 1 unspecified atom stereocenters. The van der Waals surface area contributed by atoms with Crippen molar-refractivity contribution in [3.8, 4) is 0 Å². The topological polar surface area (TPSA) is 71.1 Å². The number of hydrogen-bond donors (Lipinski definition) is 0. The predicted molar refractivity (Wildman–Crippen MR) is 76.0 cm³/mol. The second-order valence-electron chi connectivity index (χ2n) is 4.31. The summed E-state index contributed by atoms with van der Waals surface area (Å²) in [6.45, 7) is 9.23. The van der Waals surface area contributed by atoms with Crippen molar-refractivity contribution >= 4 is 21.2 Å². The standard InChI is InChI=1S/C13H26O6Si/c1-5-17-20(18-6-2,19-7-3)10-8-9-12(4)13(15)16-11-14/h11-12H,5-10H2,1-4H3. The maximum Gasteiger partial charge on any atom is 0.500 e. The average Bonchev–Trinajstić information content (AvgIpc) is 2.39. The van der Waals surface area contributed by atoms with Crippen molar-refractivity contribution in [2.45, 2.75) is 46.6 Å². The molecule has 0 heterocycles. The summed E-state index contributed by atoms with van der Waals surface area (Å²) in [6.07, 6.45) is 1.33. The van der Waals surface area contributed by atoms with Gasteiger partial charge in [0.05, 0.1) is 5.92 Å². The summed E-state index contributed by atoms with van der Waals surface area (Å²) in [4.78, 5) is 21.5. The van der Waals surface area contributed by atoms with Crippen LogP contribution in [-0.4, -0.2) is 41.1 Å². The molecule has 0 aromatic carbocycles. The Labute approximate surface area is 122 Å². The Hall–Kier alpha value is -0.763. The van der Waals surface area contributed by atoms with Gasteiger partial charge in [-0.15, -0.1) is 0 Å². The number of rotatable bonds is 12. The number of carbonyl (C=O) groups excluding carboxylic acids is 2. The predicted octanol–water partition coefficient (Wildman–Crippen LogP) is 2.15. The van der Waals surface area contributed by atoms with Crippen molar-refractivity contribution < 1.29 is 27.6 Å². The Morgan fingerprint density at radius 3 is 2.00 bits per heavy atom. The zero-order valence-electron chi connectivity index (χ0n) is 12.8. The average molecular weight is 306 g/mol. The molecule has 0 fully saturated rings. The third-order valence-electron chi connectivity index (χ3n) is 2.78. The van der Waals surface area contributed by atoms with Gasteiger partial charge in [-0.05, 0) is 33.6 Å². The van der Waals surface area contributed by atoms with Crippen LogP contribution < -0.4 is 0 Å². The molecular formula is C13H26O6Si. The molecule has 1 atom stereocenters. The van der Waals surface area contributed by atoms with Gasteiger partial charge in [-0.2, -0.15) is 0 Å². The first kappa shape index (κ1) is 19.2. The van der Waals surface area contributed by atoms with Gasteiger partial charge in [0.1, 0.15) is 0 Å². The molecule has 118 valence electrons. The van der Waals surface area contributed by atoms with E-state index in [0.717, 1.165) is 6.42 Å². The Bertz CT molecular complexity index is 267. The molecule has 7 heteroatoms. The van der Waals surface area contributed by atoms with Crippen molar-refractivity contribution in [3.05, 3.63) is 0 Å². The van der Waals surface area contributed by atoms with Crippen LogP contribution in [0.15, 0.2) is 0 Å². The van der Waals surface area contributed by atoms with Crippen molar-refractivity contribution in [1.82, 2.24) is 0 Å². The van der Waals surface area contributed by atoms with Gasteiger partial charge in [0, 0.05) is 25.9 Å². The lowest BCUT2D eigenvalue weighted by atomic mass is 10.1. The van der Waals surface area contributed by atoms with E-state index in [1.54, 1.807) is 6.92 Å². The maximum atomic E-state index is 11.3. The Kier molecular flexibility index (Phi) is 10.5. The Morgan fingerprint density at radius 1 is 1.10 bits per heavy atom. The van der Waals surface area contributed by atoms with Gasteiger partial charge >= 0.3 is 21.2 Å². The second kappa shape index (κ2) is 11.0. The molecule has 0 rings (SSSR count). The minimum Gasteiger partial charge on any atom is -0.395 e. The van der Waals surface area contributed by atoms with Gasteiger partial charge < -0.3 is 18.0 Å². The van der Waals surface area contributed by atoms with Crippen LogP contribution in [0.2, 0.25) is 6.04 Å². The molecule has 20 heavy (non-hydrogen) atoms. The van der Waals surface area contributed by atoms with Crippen LogP contribution in [0.1, 0.15) is 40.5 Å². The van der Waals surface area contributed by atoms with E-state index in [2.05, 4.69) is 4.74 Å². The number of hydrogen-bond acceptors (Lipinski definition) is 6. The molecular weight excluding hydrogens is 280 g/mol. The third-order valence-corrected chi connectivity index (χ3v) is 5.93. The van der Waals surface area contributed by atoms with Gasteiger partial charge in [0.25, 0.3) is 0 Å². The molecule has 0 amide bonds. The summed E-state index contributed by atoms with van der Waals surface area (Å²) >= 11 is 0. The monoisotopic (exact) mass is 306 g/mol. The first-order valence-electron chi connectivity index (χ1n) is 7.11. The summed E-state index contributed by atoms with van der Waals surface area (Å²) < 4.78 is 21.5. The second-order valence-corrected chi connectivity index (χ2v) is 7.04. The summed E-state index contributed by atoms with van der Waals surface area (Å²) in [5.41, 5.74) is 0. The van der Waals surface area contributed by atoms with E-state index in [9.17, 15) is 9.59 Å². The fourth-order valence-corrected chi connectivity index (χ4v) is 4.55. The van der Waals surface area contributed by atoms with E-state index in [0.29, 0.717) is 32.3 Å². The molecule has 6 nitrogen and oxygen atoms in total. The van der Waals surface area contributed by atoms with E-state index < -0.39 is 14.8 Å².